The van der Waals surface area contributed by atoms with Gasteiger partial charge in [-0.15, -0.1) is 0 Å². The summed E-state index contributed by atoms with van der Waals surface area (Å²) in [6, 6.07) is 0.605. The van der Waals surface area contributed by atoms with E-state index in [1.807, 2.05) is 4.90 Å². The second kappa shape index (κ2) is 7.70. The van der Waals surface area contributed by atoms with Crippen LogP contribution in [0.3, 0.4) is 0 Å². The number of carbonyl (C=O) groups excluding carboxylic acids is 1. The third kappa shape index (κ3) is 5.53. The fourth-order valence-electron chi connectivity index (χ4n) is 2.06. The number of hydrogen-bond acceptors (Lipinski definition) is 2. The van der Waals surface area contributed by atoms with Crippen LogP contribution in [0.25, 0.3) is 0 Å². The minimum Gasteiger partial charge on any atom is -0.340 e. The normalized spacial score (nSPS) is 17.4. The van der Waals surface area contributed by atoms with E-state index in [1.54, 1.807) is 0 Å². The van der Waals surface area contributed by atoms with Crippen molar-refractivity contribution in [1.82, 2.24) is 9.80 Å². The molecular formula is C14H30N2O. The number of piperazine rings is 1. The molecule has 0 spiro atoms. The summed E-state index contributed by atoms with van der Waals surface area (Å²) in [6.45, 7) is 12.7. The van der Waals surface area contributed by atoms with Crippen molar-refractivity contribution in [2.24, 2.45) is 5.92 Å². The molecule has 1 saturated heterocycles. The van der Waals surface area contributed by atoms with Crippen molar-refractivity contribution in [2.45, 2.75) is 54.0 Å². The Morgan fingerprint density at radius 2 is 1.59 bits per heavy atom. The summed E-state index contributed by atoms with van der Waals surface area (Å²) in [5.41, 5.74) is 0. The topological polar surface area (TPSA) is 23.6 Å². The third-order valence-electron chi connectivity index (χ3n) is 3.33. The number of amides is 1. The molecule has 1 rings (SSSR count). The molecule has 17 heavy (non-hydrogen) atoms. The molecule has 1 aliphatic heterocycles. The number of carbonyl (C=O) groups is 1. The van der Waals surface area contributed by atoms with E-state index in [4.69, 9.17) is 0 Å². The molecule has 3 heteroatoms. The molecule has 0 saturated carbocycles. The van der Waals surface area contributed by atoms with Crippen LogP contribution >= 0.6 is 0 Å². The summed E-state index contributed by atoms with van der Waals surface area (Å²) in [4.78, 5) is 16.4. The molecule has 0 N–H and O–H groups in total. The first-order valence-corrected chi connectivity index (χ1v) is 6.52. The standard InChI is InChI=1S/C13H26N2O.CH4/c1-11(2)5-6-13(16)15-9-7-14(8-10-15)12(3)4;/h11-12H,5-10H2,1-4H3;1H4. The molecule has 102 valence electrons. The van der Waals surface area contributed by atoms with E-state index >= 15 is 0 Å². The van der Waals surface area contributed by atoms with Crippen molar-refractivity contribution in [3.8, 4) is 0 Å². The molecule has 0 bridgehead atoms. The lowest BCUT2D eigenvalue weighted by molar-refractivity contribution is -0.133. The lowest BCUT2D eigenvalue weighted by atomic mass is 10.1. The minimum absolute atomic E-state index is 0. The Bertz CT molecular complexity index is 218. The zero-order valence-corrected chi connectivity index (χ0v) is 11.2. The molecule has 1 amide bonds. The Labute approximate surface area is 107 Å². The van der Waals surface area contributed by atoms with E-state index in [9.17, 15) is 4.79 Å². The number of hydrogen-bond donors (Lipinski definition) is 0. The van der Waals surface area contributed by atoms with Gasteiger partial charge >= 0.3 is 0 Å². The average molecular weight is 242 g/mol. The van der Waals surface area contributed by atoms with Gasteiger partial charge in [0.05, 0.1) is 0 Å². The SMILES string of the molecule is C.CC(C)CCC(=O)N1CCN(C(C)C)CC1. The van der Waals surface area contributed by atoms with Gasteiger partial charge in [-0.25, -0.2) is 0 Å². The summed E-state index contributed by atoms with van der Waals surface area (Å²) in [5.74, 6) is 0.970. The molecular weight excluding hydrogens is 212 g/mol. The fourth-order valence-corrected chi connectivity index (χ4v) is 2.06. The van der Waals surface area contributed by atoms with Gasteiger partial charge in [0.2, 0.25) is 5.91 Å². The van der Waals surface area contributed by atoms with Crippen molar-refractivity contribution in [3.63, 3.8) is 0 Å². The highest BCUT2D eigenvalue weighted by atomic mass is 16.2. The van der Waals surface area contributed by atoms with Crippen molar-refractivity contribution < 1.29 is 4.79 Å². The highest BCUT2D eigenvalue weighted by Gasteiger charge is 2.21. The summed E-state index contributed by atoms with van der Waals surface area (Å²) in [7, 11) is 0. The summed E-state index contributed by atoms with van der Waals surface area (Å²) >= 11 is 0. The molecule has 0 radical (unpaired) electrons. The predicted molar refractivity (Wildman–Crippen MR) is 74.1 cm³/mol. The van der Waals surface area contributed by atoms with Crippen molar-refractivity contribution in [2.75, 3.05) is 26.2 Å². The maximum Gasteiger partial charge on any atom is 0.222 e. The largest absolute Gasteiger partial charge is 0.340 e. The van der Waals surface area contributed by atoms with Gasteiger partial charge in [-0.2, -0.15) is 0 Å². The molecule has 1 heterocycles. The quantitative estimate of drug-likeness (QED) is 0.756. The van der Waals surface area contributed by atoms with Crippen LogP contribution in [0.15, 0.2) is 0 Å². The van der Waals surface area contributed by atoms with E-state index in [0.717, 1.165) is 39.0 Å². The minimum atomic E-state index is 0. The Morgan fingerprint density at radius 1 is 1.06 bits per heavy atom. The first kappa shape index (κ1) is 16.4. The molecule has 1 fully saturated rings. The lowest BCUT2D eigenvalue weighted by Gasteiger charge is -2.37. The molecule has 0 aromatic heterocycles. The first-order chi connectivity index (χ1) is 7.50. The van der Waals surface area contributed by atoms with Gasteiger partial charge in [0.25, 0.3) is 0 Å². The Balaban J connectivity index is 0.00000256. The molecule has 3 nitrogen and oxygen atoms in total. The van der Waals surface area contributed by atoms with E-state index < -0.39 is 0 Å². The number of rotatable bonds is 4. The highest BCUT2D eigenvalue weighted by molar-refractivity contribution is 5.76. The number of nitrogens with zero attached hydrogens (tertiary/aromatic N) is 2. The molecule has 0 aromatic carbocycles. The van der Waals surface area contributed by atoms with Crippen LogP contribution in [-0.2, 0) is 4.79 Å². The van der Waals surface area contributed by atoms with Crippen LogP contribution in [0.5, 0.6) is 0 Å². The van der Waals surface area contributed by atoms with Gasteiger partial charge < -0.3 is 4.90 Å². The second-order valence-electron chi connectivity index (χ2n) is 5.44. The molecule has 1 aliphatic rings. The van der Waals surface area contributed by atoms with Crippen molar-refractivity contribution in [1.29, 1.82) is 0 Å². The Hall–Kier alpha value is -0.570. The van der Waals surface area contributed by atoms with Crippen LogP contribution in [0.4, 0.5) is 0 Å². The molecule has 0 aromatic rings. The van der Waals surface area contributed by atoms with Crippen molar-refractivity contribution >= 4 is 5.91 Å². The van der Waals surface area contributed by atoms with E-state index in [0.29, 0.717) is 17.9 Å². The zero-order valence-electron chi connectivity index (χ0n) is 11.2. The average Bonchev–Trinajstić information content (AvgIpc) is 2.26. The van der Waals surface area contributed by atoms with Crippen LogP contribution in [0.1, 0.15) is 48.0 Å². The van der Waals surface area contributed by atoms with E-state index in [-0.39, 0.29) is 7.43 Å². The van der Waals surface area contributed by atoms with Gasteiger partial charge in [0.15, 0.2) is 0 Å². The van der Waals surface area contributed by atoms with Gasteiger partial charge in [-0.1, -0.05) is 21.3 Å². The smallest absolute Gasteiger partial charge is 0.222 e. The second-order valence-corrected chi connectivity index (χ2v) is 5.44. The predicted octanol–water partition coefficient (Wildman–Crippen LogP) is 2.61. The van der Waals surface area contributed by atoms with Crippen LogP contribution < -0.4 is 0 Å². The van der Waals surface area contributed by atoms with Gasteiger partial charge in [0.1, 0.15) is 0 Å². The molecule has 0 aliphatic carbocycles. The van der Waals surface area contributed by atoms with Crippen LogP contribution in [0, 0.1) is 5.92 Å². The molecule has 0 atom stereocenters. The first-order valence-electron chi connectivity index (χ1n) is 6.52. The van der Waals surface area contributed by atoms with Gasteiger partial charge in [-0.3, -0.25) is 9.69 Å². The van der Waals surface area contributed by atoms with Gasteiger partial charge in [0, 0.05) is 38.6 Å². The fraction of sp³-hybridized carbons (Fsp3) is 0.929. The summed E-state index contributed by atoms with van der Waals surface area (Å²) in [5, 5.41) is 0. The van der Waals surface area contributed by atoms with E-state index in [1.165, 1.54) is 0 Å². The van der Waals surface area contributed by atoms with Crippen LogP contribution in [0.2, 0.25) is 0 Å². The summed E-state index contributed by atoms with van der Waals surface area (Å²) < 4.78 is 0. The van der Waals surface area contributed by atoms with Gasteiger partial charge in [-0.05, 0) is 26.2 Å². The monoisotopic (exact) mass is 242 g/mol. The lowest BCUT2D eigenvalue weighted by Crippen LogP contribution is -2.50. The van der Waals surface area contributed by atoms with Crippen molar-refractivity contribution in [3.05, 3.63) is 0 Å². The highest BCUT2D eigenvalue weighted by Crippen LogP contribution is 2.10. The van der Waals surface area contributed by atoms with E-state index in [2.05, 4.69) is 32.6 Å². The zero-order chi connectivity index (χ0) is 12.1. The molecule has 0 unspecified atom stereocenters. The third-order valence-corrected chi connectivity index (χ3v) is 3.33. The summed E-state index contributed by atoms with van der Waals surface area (Å²) in [6.07, 6.45) is 1.74. The maximum absolute atomic E-state index is 11.9. The van der Waals surface area contributed by atoms with Crippen LogP contribution in [-0.4, -0.2) is 47.9 Å². The Kier molecular flexibility index (Phi) is 7.44. The Morgan fingerprint density at radius 3 is 2.00 bits per heavy atom. The maximum atomic E-state index is 11.9.